The largest absolute Gasteiger partial charge is 0.357 e. The summed E-state index contributed by atoms with van der Waals surface area (Å²) in [5.74, 6) is 0.0312. The third-order valence-electron chi connectivity index (χ3n) is 4.30. The van der Waals surface area contributed by atoms with Crippen LogP contribution in [0.4, 0.5) is 5.82 Å². The molecule has 0 saturated heterocycles. The first-order valence-electron chi connectivity index (χ1n) is 8.26. The molecule has 134 valence electrons. The van der Waals surface area contributed by atoms with Crippen molar-refractivity contribution in [3.05, 3.63) is 70.8 Å². The van der Waals surface area contributed by atoms with Crippen molar-refractivity contribution in [3.63, 3.8) is 0 Å². The molecule has 27 heavy (non-hydrogen) atoms. The first-order chi connectivity index (χ1) is 13.0. The van der Waals surface area contributed by atoms with Crippen molar-refractivity contribution in [2.75, 3.05) is 5.32 Å². The van der Waals surface area contributed by atoms with Gasteiger partial charge in [-0.2, -0.15) is 0 Å². The van der Waals surface area contributed by atoms with Crippen LogP contribution in [0.15, 0.2) is 54.0 Å². The van der Waals surface area contributed by atoms with Crippen molar-refractivity contribution in [1.29, 1.82) is 0 Å². The highest BCUT2D eigenvalue weighted by Crippen LogP contribution is 2.28. The number of aryl methyl sites for hydroxylation is 2. The Morgan fingerprint density at radius 2 is 2.07 bits per heavy atom. The lowest BCUT2D eigenvalue weighted by Gasteiger charge is -2.11. The zero-order chi connectivity index (χ0) is 19.0. The second-order valence-corrected chi connectivity index (χ2v) is 6.14. The van der Waals surface area contributed by atoms with Crippen LogP contribution < -0.4 is 10.9 Å². The number of nitrogens with zero attached hydrogens (tertiary/aromatic N) is 4. The SMILES string of the molecule is Cc1ccc(NC(=O)c2ccncn2)nc1-c1cn(C)c(=O)c2[nH]ccc12. The van der Waals surface area contributed by atoms with Gasteiger partial charge in [0.2, 0.25) is 0 Å². The van der Waals surface area contributed by atoms with Crippen LogP contribution in [-0.4, -0.2) is 30.4 Å². The molecular weight excluding hydrogens is 344 g/mol. The fourth-order valence-corrected chi connectivity index (χ4v) is 2.93. The highest BCUT2D eigenvalue weighted by Gasteiger charge is 2.15. The van der Waals surface area contributed by atoms with E-state index in [1.54, 1.807) is 25.5 Å². The summed E-state index contributed by atoms with van der Waals surface area (Å²) in [5.41, 5.74) is 3.09. The van der Waals surface area contributed by atoms with E-state index in [9.17, 15) is 9.59 Å². The minimum absolute atomic E-state index is 0.107. The van der Waals surface area contributed by atoms with Crippen molar-refractivity contribution in [1.82, 2.24) is 24.5 Å². The molecule has 0 atom stereocenters. The molecule has 0 aliphatic heterocycles. The Morgan fingerprint density at radius 1 is 1.22 bits per heavy atom. The Balaban J connectivity index is 1.78. The van der Waals surface area contributed by atoms with Gasteiger partial charge < -0.3 is 14.9 Å². The number of pyridine rings is 2. The number of rotatable bonds is 3. The third-order valence-corrected chi connectivity index (χ3v) is 4.30. The van der Waals surface area contributed by atoms with Gasteiger partial charge in [-0.3, -0.25) is 9.59 Å². The van der Waals surface area contributed by atoms with Crippen LogP contribution in [0.1, 0.15) is 16.1 Å². The van der Waals surface area contributed by atoms with Crippen LogP contribution in [0.25, 0.3) is 22.2 Å². The number of hydrogen-bond acceptors (Lipinski definition) is 5. The van der Waals surface area contributed by atoms with Gasteiger partial charge in [0, 0.05) is 36.6 Å². The zero-order valence-corrected chi connectivity index (χ0v) is 14.7. The summed E-state index contributed by atoms with van der Waals surface area (Å²) < 4.78 is 1.52. The lowest BCUT2D eigenvalue weighted by Crippen LogP contribution is -2.17. The Morgan fingerprint density at radius 3 is 2.85 bits per heavy atom. The lowest BCUT2D eigenvalue weighted by atomic mass is 10.0. The predicted octanol–water partition coefficient (Wildman–Crippen LogP) is 2.28. The molecule has 0 bridgehead atoms. The van der Waals surface area contributed by atoms with E-state index >= 15 is 0 Å². The molecule has 0 unspecified atom stereocenters. The average molecular weight is 360 g/mol. The number of carbonyl (C=O) groups is 1. The van der Waals surface area contributed by atoms with E-state index < -0.39 is 0 Å². The molecule has 0 radical (unpaired) electrons. The number of amides is 1. The summed E-state index contributed by atoms with van der Waals surface area (Å²) in [5, 5.41) is 3.53. The first kappa shape index (κ1) is 16.6. The van der Waals surface area contributed by atoms with E-state index in [2.05, 4.69) is 25.3 Å². The number of anilines is 1. The number of aromatic nitrogens is 5. The van der Waals surface area contributed by atoms with Gasteiger partial charge in [-0.25, -0.2) is 15.0 Å². The number of fused-ring (bicyclic) bond motifs is 1. The van der Waals surface area contributed by atoms with E-state index in [-0.39, 0.29) is 17.2 Å². The third kappa shape index (κ3) is 2.97. The topological polar surface area (TPSA) is 106 Å². The number of H-pyrrole nitrogens is 1. The molecule has 4 rings (SSSR count). The molecule has 0 aliphatic carbocycles. The van der Waals surface area contributed by atoms with Gasteiger partial charge in [0.15, 0.2) is 0 Å². The molecule has 8 nitrogen and oxygen atoms in total. The van der Waals surface area contributed by atoms with Gasteiger partial charge in [-0.1, -0.05) is 6.07 Å². The Hall–Kier alpha value is -3.81. The van der Waals surface area contributed by atoms with Gasteiger partial charge in [-0.05, 0) is 30.7 Å². The van der Waals surface area contributed by atoms with Crippen molar-refractivity contribution >= 4 is 22.6 Å². The van der Waals surface area contributed by atoms with Crippen LogP contribution >= 0.6 is 0 Å². The monoisotopic (exact) mass is 360 g/mol. The van der Waals surface area contributed by atoms with Crippen LogP contribution in [0.2, 0.25) is 0 Å². The molecule has 4 aromatic rings. The maximum atomic E-state index is 12.3. The van der Waals surface area contributed by atoms with Crippen molar-refractivity contribution in [2.24, 2.45) is 7.05 Å². The molecule has 0 fully saturated rings. The van der Waals surface area contributed by atoms with Crippen molar-refractivity contribution < 1.29 is 4.79 Å². The minimum Gasteiger partial charge on any atom is -0.357 e. The van der Waals surface area contributed by atoms with Crippen molar-refractivity contribution in [3.8, 4) is 11.3 Å². The van der Waals surface area contributed by atoms with E-state index in [0.717, 1.165) is 16.5 Å². The van der Waals surface area contributed by atoms with Crippen LogP contribution in [0.3, 0.4) is 0 Å². The van der Waals surface area contributed by atoms with E-state index in [1.165, 1.54) is 23.2 Å². The maximum Gasteiger partial charge on any atom is 0.275 e. The van der Waals surface area contributed by atoms with E-state index in [4.69, 9.17) is 0 Å². The zero-order valence-electron chi connectivity index (χ0n) is 14.7. The fraction of sp³-hybridized carbons (Fsp3) is 0.105. The Labute approximate surface area is 153 Å². The van der Waals surface area contributed by atoms with Crippen LogP contribution in [-0.2, 0) is 7.05 Å². The fourth-order valence-electron chi connectivity index (χ4n) is 2.93. The second-order valence-electron chi connectivity index (χ2n) is 6.14. The first-order valence-corrected chi connectivity index (χ1v) is 8.26. The van der Waals surface area contributed by atoms with Crippen LogP contribution in [0.5, 0.6) is 0 Å². The van der Waals surface area contributed by atoms with Gasteiger partial charge in [-0.15, -0.1) is 0 Å². The second kappa shape index (κ2) is 6.49. The Kier molecular flexibility index (Phi) is 4.00. The summed E-state index contributed by atoms with van der Waals surface area (Å²) in [6, 6.07) is 6.98. The van der Waals surface area contributed by atoms with Crippen LogP contribution in [0, 0.1) is 6.92 Å². The van der Waals surface area contributed by atoms with Gasteiger partial charge in [0.05, 0.1) is 5.69 Å². The molecule has 0 aliphatic rings. The smallest absolute Gasteiger partial charge is 0.275 e. The predicted molar refractivity (Wildman–Crippen MR) is 101 cm³/mol. The number of hydrogen-bond donors (Lipinski definition) is 2. The maximum absolute atomic E-state index is 12.3. The average Bonchev–Trinajstić information content (AvgIpc) is 3.17. The molecule has 0 saturated carbocycles. The minimum atomic E-state index is -0.369. The van der Waals surface area contributed by atoms with E-state index in [0.29, 0.717) is 17.0 Å². The van der Waals surface area contributed by atoms with Gasteiger partial charge in [0.1, 0.15) is 23.4 Å². The molecule has 0 aromatic carbocycles. The van der Waals surface area contributed by atoms with Gasteiger partial charge in [0.25, 0.3) is 11.5 Å². The summed E-state index contributed by atoms with van der Waals surface area (Å²) >= 11 is 0. The molecule has 4 heterocycles. The molecule has 2 N–H and O–H groups in total. The summed E-state index contributed by atoms with van der Waals surface area (Å²) in [4.78, 5) is 39.9. The molecule has 1 amide bonds. The van der Waals surface area contributed by atoms with E-state index in [1.807, 2.05) is 19.1 Å². The summed E-state index contributed by atoms with van der Waals surface area (Å²) in [6.45, 7) is 1.93. The van der Waals surface area contributed by atoms with Crippen molar-refractivity contribution in [2.45, 2.75) is 6.92 Å². The lowest BCUT2D eigenvalue weighted by molar-refractivity contribution is 0.102. The molecular formula is C19H16N6O2. The summed E-state index contributed by atoms with van der Waals surface area (Å²) in [7, 11) is 1.70. The number of carbonyl (C=O) groups excluding carboxylic acids is 1. The highest BCUT2D eigenvalue weighted by atomic mass is 16.2. The molecule has 8 heteroatoms. The molecule has 4 aromatic heterocycles. The normalized spacial score (nSPS) is 10.9. The molecule has 0 spiro atoms. The quantitative estimate of drug-likeness (QED) is 0.583. The summed E-state index contributed by atoms with van der Waals surface area (Å²) in [6.07, 6.45) is 6.30. The number of aromatic amines is 1. The highest BCUT2D eigenvalue weighted by molar-refractivity contribution is 6.02. The van der Waals surface area contributed by atoms with Gasteiger partial charge >= 0.3 is 0 Å². The standard InChI is InChI=1S/C19H16N6O2/c1-11-3-4-15(24-18(26)14-6-7-20-10-22-14)23-16(11)13-9-25(2)19(27)17-12(13)5-8-21-17/h3-10,21H,1-2H3,(H,23,24,26). The Bertz CT molecular complexity index is 1210. The number of nitrogens with one attached hydrogen (secondary N) is 2.